The summed E-state index contributed by atoms with van der Waals surface area (Å²) in [5.74, 6) is -1.46. The topological polar surface area (TPSA) is 86.7 Å². The summed E-state index contributed by atoms with van der Waals surface area (Å²) >= 11 is 1.26. The summed E-state index contributed by atoms with van der Waals surface area (Å²) in [4.78, 5) is 27.6. The molecular formula is C22H28ClF2N5O4S. The van der Waals surface area contributed by atoms with Crippen LogP contribution in [-0.2, 0) is 9.47 Å². The molecule has 192 valence electrons. The molecule has 3 aliphatic rings. The van der Waals surface area contributed by atoms with Crippen molar-refractivity contribution in [2.24, 2.45) is 5.10 Å². The SMILES string of the molecule is CC(C)(C)OC(=O)N1N=CSC1NC[C@@H]1CN(c2cc(F)c(N3CC=CCC3)c(F)c2)C(=O)O1.Cl. The van der Waals surface area contributed by atoms with Crippen molar-refractivity contribution in [3.8, 4) is 0 Å². The Morgan fingerprint density at radius 3 is 2.63 bits per heavy atom. The summed E-state index contributed by atoms with van der Waals surface area (Å²) in [5.41, 5.74) is 0.304. The second kappa shape index (κ2) is 11.0. The zero-order valence-electron chi connectivity index (χ0n) is 19.6. The van der Waals surface area contributed by atoms with Gasteiger partial charge < -0.3 is 14.4 Å². The lowest BCUT2D eigenvalue weighted by Crippen LogP contribution is -2.46. The average molecular weight is 532 g/mol. The Kier molecular flexibility index (Phi) is 8.50. The van der Waals surface area contributed by atoms with Crippen LogP contribution in [0.1, 0.15) is 27.2 Å². The highest BCUT2D eigenvalue weighted by atomic mass is 35.5. The molecule has 3 heterocycles. The van der Waals surface area contributed by atoms with E-state index in [0.717, 1.165) is 12.1 Å². The Morgan fingerprint density at radius 1 is 1.29 bits per heavy atom. The highest BCUT2D eigenvalue weighted by Gasteiger charge is 2.36. The van der Waals surface area contributed by atoms with E-state index in [9.17, 15) is 18.4 Å². The molecule has 1 aromatic rings. The van der Waals surface area contributed by atoms with Gasteiger partial charge in [0.2, 0.25) is 0 Å². The maximum atomic E-state index is 14.8. The number of anilines is 2. The summed E-state index contributed by atoms with van der Waals surface area (Å²) in [6.45, 7) is 6.52. The quantitative estimate of drug-likeness (QED) is 0.567. The minimum atomic E-state index is -0.729. The summed E-state index contributed by atoms with van der Waals surface area (Å²) in [7, 11) is 0. The van der Waals surface area contributed by atoms with Crippen LogP contribution >= 0.6 is 24.2 Å². The van der Waals surface area contributed by atoms with Gasteiger partial charge in [-0.15, -0.1) is 12.4 Å². The lowest BCUT2D eigenvalue weighted by atomic mass is 10.1. The number of benzene rings is 1. The number of nitrogens with zero attached hydrogens (tertiary/aromatic N) is 4. The van der Waals surface area contributed by atoms with Crippen molar-refractivity contribution in [1.29, 1.82) is 0 Å². The maximum absolute atomic E-state index is 14.8. The molecule has 1 unspecified atom stereocenters. The van der Waals surface area contributed by atoms with Gasteiger partial charge in [-0.05, 0) is 27.2 Å². The van der Waals surface area contributed by atoms with Gasteiger partial charge in [-0.25, -0.2) is 18.4 Å². The molecule has 9 nitrogen and oxygen atoms in total. The number of hydrogen-bond donors (Lipinski definition) is 1. The summed E-state index contributed by atoms with van der Waals surface area (Å²) in [6, 6.07) is 2.30. The number of rotatable bonds is 5. The number of nitrogens with one attached hydrogen (secondary N) is 1. The molecule has 0 spiro atoms. The molecular weight excluding hydrogens is 504 g/mol. The third-order valence-electron chi connectivity index (χ3n) is 5.25. The molecule has 1 saturated heterocycles. The fourth-order valence-corrected chi connectivity index (χ4v) is 4.48. The van der Waals surface area contributed by atoms with Crippen molar-refractivity contribution in [3.63, 3.8) is 0 Å². The molecule has 13 heteroatoms. The standard InChI is InChI=1S/C22H27F2N5O4S.ClH/c1-22(2,3)33-21(31)29-19(34-13-26-29)25-11-15-12-28(20(30)32-15)14-9-16(23)18(17(24)10-14)27-7-5-4-6-8-27;/h4-5,9-10,13,15,19,25H,6-8,11-12H2,1-3H3;1H/t15-,19?;/m1./s1. The van der Waals surface area contributed by atoms with Crippen LogP contribution in [-0.4, -0.2) is 66.1 Å². The summed E-state index contributed by atoms with van der Waals surface area (Å²) in [5, 5.41) is 8.29. The van der Waals surface area contributed by atoms with Crippen molar-refractivity contribution in [3.05, 3.63) is 35.9 Å². The van der Waals surface area contributed by atoms with Crippen molar-refractivity contribution in [2.45, 2.75) is 44.4 Å². The van der Waals surface area contributed by atoms with E-state index < -0.39 is 41.0 Å². The molecule has 1 N–H and O–H groups in total. The van der Waals surface area contributed by atoms with Crippen LogP contribution in [0.5, 0.6) is 0 Å². The van der Waals surface area contributed by atoms with Gasteiger partial charge in [0, 0.05) is 31.8 Å². The van der Waals surface area contributed by atoms with Crippen LogP contribution in [0.15, 0.2) is 29.4 Å². The zero-order valence-corrected chi connectivity index (χ0v) is 21.2. The fourth-order valence-electron chi connectivity index (χ4n) is 3.77. The van der Waals surface area contributed by atoms with Crippen LogP contribution in [0.25, 0.3) is 0 Å². The number of carbonyl (C=O) groups excluding carboxylic acids is 2. The third kappa shape index (κ3) is 6.36. The molecule has 4 rings (SSSR count). The van der Waals surface area contributed by atoms with E-state index in [1.165, 1.54) is 27.2 Å². The number of thioether (sulfide) groups is 1. The van der Waals surface area contributed by atoms with E-state index in [1.54, 1.807) is 25.7 Å². The molecule has 0 aromatic heterocycles. The normalized spacial score (nSPS) is 21.9. The van der Waals surface area contributed by atoms with Crippen LogP contribution in [0.2, 0.25) is 0 Å². The van der Waals surface area contributed by atoms with Crippen molar-refractivity contribution >= 4 is 53.3 Å². The maximum Gasteiger partial charge on any atom is 0.433 e. The van der Waals surface area contributed by atoms with Crippen molar-refractivity contribution in [1.82, 2.24) is 10.3 Å². The zero-order chi connectivity index (χ0) is 24.5. The monoisotopic (exact) mass is 531 g/mol. The van der Waals surface area contributed by atoms with E-state index in [2.05, 4.69) is 10.4 Å². The van der Waals surface area contributed by atoms with Gasteiger partial charge in [-0.3, -0.25) is 10.2 Å². The van der Waals surface area contributed by atoms with Gasteiger partial charge in [0.15, 0.2) is 17.1 Å². The van der Waals surface area contributed by atoms with Gasteiger partial charge >= 0.3 is 12.2 Å². The van der Waals surface area contributed by atoms with Crippen LogP contribution < -0.4 is 15.1 Å². The minimum Gasteiger partial charge on any atom is -0.443 e. The first-order valence-electron chi connectivity index (χ1n) is 10.9. The molecule has 3 aliphatic heterocycles. The van der Waals surface area contributed by atoms with Gasteiger partial charge in [0.1, 0.15) is 17.4 Å². The van der Waals surface area contributed by atoms with E-state index >= 15 is 0 Å². The van der Waals surface area contributed by atoms with E-state index in [0.29, 0.717) is 19.5 Å². The van der Waals surface area contributed by atoms with Gasteiger partial charge in [-0.1, -0.05) is 23.9 Å². The van der Waals surface area contributed by atoms with E-state index in [-0.39, 0.29) is 36.9 Å². The minimum absolute atomic E-state index is 0. The number of carbonyl (C=O) groups is 2. The first-order valence-corrected chi connectivity index (χ1v) is 11.9. The first-order chi connectivity index (χ1) is 16.1. The first kappa shape index (κ1) is 27.0. The highest BCUT2D eigenvalue weighted by molar-refractivity contribution is 8.12. The second-order valence-electron chi connectivity index (χ2n) is 9.02. The lowest BCUT2D eigenvalue weighted by Gasteiger charge is -2.27. The third-order valence-corrected chi connectivity index (χ3v) is 6.09. The van der Waals surface area contributed by atoms with Crippen molar-refractivity contribution < 1.29 is 27.8 Å². The molecule has 0 aliphatic carbocycles. The molecule has 0 bridgehead atoms. The second-order valence-corrected chi connectivity index (χ2v) is 9.95. The van der Waals surface area contributed by atoms with Crippen LogP contribution in [0.3, 0.4) is 0 Å². The molecule has 1 aromatic carbocycles. The van der Waals surface area contributed by atoms with Crippen LogP contribution in [0, 0.1) is 11.6 Å². The van der Waals surface area contributed by atoms with Gasteiger partial charge in [0.05, 0.1) is 17.8 Å². The molecule has 2 atom stereocenters. The number of hydrogen-bond acceptors (Lipinski definition) is 8. The number of halogens is 3. The Morgan fingerprint density at radius 2 is 2.00 bits per heavy atom. The molecule has 0 radical (unpaired) electrons. The number of hydrazone groups is 1. The highest BCUT2D eigenvalue weighted by Crippen LogP contribution is 2.32. The Labute approximate surface area is 212 Å². The number of ether oxygens (including phenoxy) is 2. The largest absolute Gasteiger partial charge is 0.443 e. The van der Waals surface area contributed by atoms with Crippen LogP contribution in [0.4, 0.5) is 29.7 Å². The lowest BCUT2D eigenvalue weighted by molar-refractivity contribution is 0.0213. The molecule has 1 fully saturated rings. The smallest absolute Gasteiger partial charge is 0.433 e. The molecule has 0 saturated carbocycles. The molecule has 2 amide bonds. The van der Waals surface area contributed by atoms with Gasteiger partial charge in [0.25, 0.3) is 0 Å². The van der Waals surface area contributed by atoms with E-state index in [4.69, 9.17) is 9.47 Å². The number of amides is 2. The number of cyclic esters (lactones) is 1. The summed E-state index contributed by atoms with van der Waals surface area (Å²) in [6.07, 6.45) is 2.66. The Balaban J connectivity index is 0.00000342. The predicted molar refractivity (Wildman–Crippen MR) is 133 cm³/mol. The average Bonchev–Trinajstić information content (AvgIpc) is 3.37. The predicted octanol–water partition coefficient (Wildman–Crippen LogP) is 4.28. The fraction of sp³-hybridized carbons (Fsp3) is 0.500. The van der Waals surface area contributed by atoms with E-state index in [1.807, 2.05) is 12.2 Å². The Hall–Kier alpha value is -2.57. The summed E-state index contributed by atoms with van der Waals surface area (Å²) < 4.78 is 40.3. The van der Waals surface area contributed by atoms with Crippen molar-refractivity contribution in [2.75, 3.05) is 36.0 Å². The van der Waals surface area contributed by atoms with Gasteiger partial charge in [-0.2, -0.15) is 10.1 Å². The Bertz CT molecular complexity index is 999. The molecule has 35 heavy (non-hydrogen) atoms.